The van der Waals surface area contributed by atoms with Gasteiger partial charge in [-0.3, -0.25) is 37.3 Å². The quantitative estimate of drug-likeness (QED) is 0.0222. The van der Waals surface area contributed by atoms with Crippen molar-refractivity contribution in [2.24, 2.45) is 11.8 Å². The number of rotatable bonds is 73. The molecule has 0 rings (SSSR count). The highest BCUT2D eigenvalue weighted by molar-refractivity contribution is 7.47. The van der Waals surface area contributed by atoms with E-state index in [9.17, 15) is 43.2 Å². The Morgan fingerprint density at radius 2 is 0.495 bits per heavy atom. The van der Waals surface area contributed by atoms with Crippen LogP contribution in [0.15, 0.2) is 0 Å². The largest absolute Gasteiger partial charge is 0.472 e. The Balaban J connectivity index is 5.15. The van der Waals surface area contributed by atoms with Gasteiger partial charge in [0.15, 0.2) is 12.2 Å². The zero-order valence-electron chi connectivity index (χ0n) is 60.6. The summed E-state index contributed by atoms with van der Waals surface area (Å²) in [4.78, 5) is 72.6. The molecule has 0 bridgehead atoms. The van der Waals surface area contributed by atoms with E-state index >= 15 is 0 Å². The predicted molar refractivity (Wildman–Crippen MR) is 377 cm³/mol. The molecule has 2 unspecified atom stereocenters. The van der Waals surface area contributed by atoms with Crippen molar-refractivity contribution in [3.8, 4) is 0 Å². The van der Waals surface area contributed by atoms with Crippen molar-refractivity contribution >= 4 is 39.5 Å². The first-order valence-electron chi connectivity index (χ1n) is 38.5. The third kappa shape index (κ3) is 68.4. The van der Waals surface area contributed by atoms with Crippen LogP contribution in [0.5, 0.6) is 0 Å². The summed E-state index contributed by atoms with van der Waals surface area (Å²) in [5.41, 5.74) is 0. The number of carbonyl (C=O) groups is 4. The van der Waals surface area contributed by atoms with Gasteiger partial charge in [-0.2, -0.15) is 0 Å². The summed E-state index contributed by atoms with van der Waals surface area (Å²) in [5.74, 6) is -0.750. The van der Waals surface area contributed by atoms with Crippen molar-refractivity contribution in [1.29, 1.82) is 0 Å². The Hall–Kier alpha value is -1.94. The molecule has 5 atom stereocenters. The predicted octanol–water partition coefficient (Wildman–Crippen LogP) is 21.6. The smallest absolute Gasteiger partial charge is 0.462 e. The molecule has 0 aromatic carbocycles. The number of unbranched alkanes of at least 4 members (excludes halogenated alkanes) is 43. The second kappa shape index (κ2) is 66.0. The van der Waals surface area contributed by atoms with Gasteiger partial charge in [-0.05, 0) is 37.5 Å². The highest BCUT2D eigenvalue weighted by Crippen LogP contribution is 2.45. The van der Waals surface area contributed by atoms with E-state index in [2.05, 4.69) is 41.5 Å². The number of hydrogen-bond acceptors (Lipinski definition) is 15. The van der Waals surface area contributed by atoms with E-state index in [0.29, 0.717) is 37.5 Å². The number of carbonyl (C=O) groups excluding carboxylic acids is 4. The second-order valence-corrected chi connectivity index (χ2v) is 30.5. The molecule has 552 valence electrons. The zero-order valence-corrected chi connectivity index (χ0v) is 62.3. The minimum absolute atomic E-state index is 0.103. The topological polar surface area (TPSA) is 237 Å². The van der Waals surface area contributed by atoms with E-state index in [1.165, 1.54) is 193 Å². The molecular weight excluding hydrogens is 1220 g/mol. The van der Waals surface area contributed by atoms with Crippen molar-refractivity contribution in [2.75, 3.05) is 39.6 Å². The third-order valence-corrected chi connectivity index (χ3v) is 19.1. The molecule has 17 nitrogen and oxygen atoms in total. The van der Waals surface area contributed by atoms with E-state index in [0.717, 1.165) is 96.3 Å². The number of ether oxygens (including phenoxy) is 4. The molecule has 93 heavy (non-hydrogen) atoms. The maximum Gasteiger partial charge on any atom is 0.472 e. The molecule has 0 aliphatic heterocycles. The Morgan fingerprint density at radius 3 is 0.731 bits per heavy atom. The van der Waals surface area contributed by atoms with Crippen molar-refractivity contribution in [3.63, 3.8) is 0 Å². The second-order valence-electron chi connectivity index (χ2n) is 27.6. The standard InChI is InChI=1S/C74H144O17P2/c1-7-9-11-13-15-17-19-21-22-23-24-25-26-27-28-29-30-32-34-38-46-52-58-73(78)90-69(62-84-71(76)56-50-44-37-33-31-20-18-16-14-12-10-8-2)64-88-92(80,81)86-60-68(75)61-87-93(82,83)89-65-70(63-85-72(77)57-51-45-41-40-43-49-55-67(5)6)91-74(79)59-53-47-39-35-36-42-48-54-66(3)4/h66-70,75H,7-65H2,1-6H3,(H,80,81)(H,82,83)/t68-,69-,70-/m1/s1. The summed E-state index contributed by atoms with van der Waals surface area (Å²) in [6, 6.07) is 0. The van der Waals surface area contributed by atoms with Crippen LogP contribution in [0.4, 0.5) is 0 Å². The van der Waals surface area contributed by atoms with Gasteiger partial charge in [0.05, 0.1) is 26.4 Å². The summed E-state index contributed by atoms with van der Waals surface area (Å²) in [6.45, 7) is 9.42. The molecule has 0 aliphatic rings. The van der Waals surface area contributed by atoms with Gasteiger partial charge in [-0.15, -0.1) is 0 Å². The minimum atomic E-state index is -4.95. The molecule has 19 heteroatoms. The molecular formula is C74H144O17P2. The molecule has 0 aromatic rings. The molecule has 0 amide bonds. The average Bonchev–Trinajstić information content (AvgIpc) is 1.99. The Bertz CT molecular complexity index is 1800. The molecule has 0 radical (unpaired) electrons. The molecule has 0 fully saturated rings. The van der Waals surface area contributed by atoms with Gasteiger partial charge in [-0.25, -0.2) is 9.13 Å². The first-order chi connectivity index (χ1) is 44.9. The van der Waals surface area contributed by atoms with Crippen LogP contribution in [0, 0.1) is 11.8 Å². The van der Waals surface area contributed by atoms with Gasteiger partial charge < -0.3 is 33.8 Å². The van der Waals surface area contributed by atoms with Gasteiger partial charge in [0.25, 0.3) is 0 Å². The van der Waals surface area contributed by atoms with E-state index < -0.39 is 97.5 Å². The number of esters is 4. The first kappa shape index (κ1) is 91.1. The van der Waals surface area contributed by atoms with Gasteiger partial charge in [0.1, 0.15) is 19.3 Å². The van der Waals surface area contributed by atoms with Gasteiger partial charge in [0.2, 0.25) is 0 Å². The van der Waals surface area contributed by atoms with E-state index in [4.69, 9.17) is 37.0 Å². The summed E-state index contributed by atoms with van der Waals surface area (Å²) in [6.07, 6.45) is 53.2. The first-order valence-corrected chi connectivity index (χ1v) is 41.5. The van der Waals surface area contributed by atoms with Crippen LogP contribution in [0.3, 0.4) is 0 Å². The van der Waals surface area contributed by atoms with E-state index in [-0.39, 0.29) is 25.7 Å². The van der Waals surface area contributed by atoms with Gasteiger partial charge in [0, 0.05) is 25.7 Å². The van der Waals surface area contributed by atoms with Crippen LogP contribution >= 0.6 is 15.6 Å². The van der Waals surface area contributed by atoms with Crippen LogP contribution in [0.25, 0.3) is 0 Å². The van der Waals surface area contributed by atoms with Crippen molar-refractivity contribution in [3.05, 3.63) is 0 Å². The Kier molecular flexibility index (Phi) is 64.6. The van der Waals surface area contributed by atoms with E-state index in [1.807, 2.05) is 0 Å². The zero-order chi connectivity index (χ0) is 68.6. The lowest BCUT2D eigenvalue weighted by atomic mass is 10.0. The van der Waals surface area contributed by atoms with Gasteiger partial charge in [-0.1, -0.05) is 330 Å². The average molecular weight is 1370 g/mol. The molecule has 0 spiro atoms. The third-order valence-electron chi connectivity index (χ3n) is 17.2. The summed E-state index contributed by atoms with van der Waals surface area (Å²) in [5, 5.41) is 10.6. The molecule has 0 saturated heterocycles. The summed E-state index contributed by atoms with van der Waals surface area (Å²) in [7, 11) is -9.90. The molecule has 0 saturated carbocycles. The number of phosphoric acid groups is 2. The lowest BCUT2D eigenvalue weighted by Crippen LogP contribution is -2.30. The monoisotopic (exact) mass is 1370 g/mol. The Labute approximate surface area is 568 Å². The number of phosphoric ester groups is 2. The SMILES string of the molecule is CCCCCCCCCCCCCCCCCCCCCCCCC(=O)O[C@H](COC(=O)CCCCCCCCCCCCCC)COP(=O)(O)OC[C@@H](O)COP(=O)(O)OC[C@@H](COC(=O)CCCCCCCCC(C)C)OC(=O)CCCCCCCCCC(C)C. The fraction of sp³-hybridized carbons (Fsp3) is 0.946. The fourth-order valence-corrected chi connectivity index (χ4v) is 12.9. The van der Waals surface area contributed by atoms with Crippen molar-refractivity contribution < 1.29 is 80.2 Å². The van der Waals surface area contributed by atoms with Crippen LogP contribution in [0.1, 0.15) is 382 Å². The van der Waals surface area contributed by atoms with Crippen molar-refractivity contribution in [1.82, 2.24) is 0 Å². The number of hydrogen-bond donors (Lipinski definition) is 3. The maximum atomic E-state index is 13.1. The molecule has 0 aromatic heterocycles. The highest BCUT2D eigenvalue weighted by atomic mass is 31.2. The maximum absolute atomic E-state index is 13.1. The fourth-order valence-electron chi connectivity index (χ4n) is 11.3. The lowest BCUT2D eigenvalue weighted by Gasteiger charge is -2.21. The van der Waals surface area contributed by atoms with Crippen LogP contribution in [0.2, 0.25) is 0 Å². The van der Waals surface area contributed by atoms with Crippen LogP contribution in [-0.2, 0) is 65.4 Å². The van der Waals surface area contributed by atoms with E-state index in [1.54, 1.807) is 0 Å². The normalized spacial score (nSPS) is 14.1. The number of aliphatic hydroxyl groups excluding tert-OH is 1. The lowest BCUT2D eigenvalue weighted by molar-refractivity contribution is -0.161. The summed E-state index contributed by atoms with van der Waals surface area (Å²) >= 11 is 0. The van der Waals surface area contributed by atoms with Crippen LogP contribution < -0.4 is 0 Å². The summed E-state index contributed by atoms with van der Waals surface area (Å²) < 4.78 is 68.3. The molecule has 3 N–H and O–H groups in total. The van der Waals surface area contributed by atoms with Crippen LogP contribution in [-0.4, -0.2) is 96.7 Å². The highest BCUT2D eigenvalue weighted by Gasteiger charge is 2.30. The minimum Gasteiger partial charge on any atom is -0.462 e. The number of aliphatic hydroxyl groups is 1. The molecule has 0 aliphatic carbocycles. The van der Waals surface area contributed by atoms with Crippen molar-refractivity contribution in [2.45, 2.75) is 400 Å². The molecule has 0 heterocycles. The Morgan fingerprint density at radius 1 is 0.290 bits per heavy atom. The van der Waals surface area contributed by atoms with Gasteiger partial charge >= 0.3 is 39.5 Å².